The molecule has 12 nitrogen and oxygen atoms in total. The number of β-amino-alcohol motifs (C(OH)–C–C–N with tert-alkyl or cyclic N) is 1. The van der Waals surface area contributed by atoms with Crippen LogP contribution in [0, 0.1) is 23.2 Å². The van der Waals surface area contributed by atoms with Gasteiger partial charge in [-0.2, -0.15) is 4.98 Å². The molecular formula is C58H70BrN7O5S. The van der Waals surface area contributed by atoms with Gasteiger partial charge in [-0.1, -0.05) is 82.5 Å². The van der Waals surface area contributed by atoms with Gasteiger partial charge in [-0.25, -0.2) is 4.98 Å². The average molecular weight is 1060 g/mol. The molecule has 4 aliphatic carbocycles. The Morgan fingerprint density at radius 2 is 1.62 bits per heavy atom. The number of halogens is 1. The standard InChI is InChI=1S/C58H70BrN7O5S/c1-35(37-12-14-39(15-13-37)48-36(2)60-34-72-48)61-50(68)46-31-41(67)32-65(46)52(70)49(55(3,4)5)62-54(71)57-25-22-56(23-26-57,24-27-57)33-64-28-18-38(19-29-64)40-16-17-42-45(30-40)66-44-11-9-10-43(59)47(44)51(69)63-53(66)58(42)20-7-6-8-21-58/h9-17,30,34-35,38,41,46,49,67H,6-8,18-29,31-33H2,1-5H3,(H,61,68)(H,62,71)/t35-,41+,46-,49+,56?,57?/m0/s1. The van der Waals surface area contributed by atoms with Crippen molar-refractivity contribution in [1.29, 1.82) is 0 Å². The number of fused-ring (bicyclic) bond motifs is 10. The molecule has 3 aliphatic heterocycles. The van der Waals surface area contributed by atoms with Crippen LogP contribution in [0.5, 0.6) is 0 Å². The van der Waals surface area contributed by atoms with Crippen LogP contribution >= 0.6 is 27.3 Å². The van der Waals surface area contributed by atoms with Crippen molar-refractivity contribution in [2.24, 2.45) is 16.2 Å². The van der Waals surface area contributed by atoms with Crippen LogP contribution in [0.4, 0.5) is 0 Å². The molecule has 2 bridgehead atoms. The summed E-state index contributed by atoms with van der Waals surface area (Å²) in [6, 6.07) is 19.3. The van der Waals surface area contributed by atoms with Crippen molar-refractivity contribution in [3.05, 3.63) is 109 Å². The van der Waals surface area contributed by atoms with Gasteiger partial charge in [0.1, 0.15) is 17.9 Å². The second-order valence-corrected chi connectivity index (χ2v) is 25.5. The summed E-state index contributed by atoms with van der Waals surface area (Å²) in [6.45, 7) is 13.0. The summed E-state index contributed by atoms with van der Waals surface area (Å²) in [6.07, 6.45) is 12.4. The van der Waals surface area contributed by atoms with Gasteiger partial charge in [-0.15, -0.1) is 11.3 Å². The Morgan fingerprint density at radius 3 is 2.29 bits per heavy atom. The normalized spacial score (nSPS) is 25.8. The van der Waals surface area contributed by atoms with E-state index in [9.17, 15) is 24.3 Å². The predicted molar refractivity (Wildman–Crippen MR) is 286 cm³/mol. The van der Waals surface area contributed by atoms with E-state index in [4.69, 9.17) is 4.98 Å². The van der Waals surface area contributed by atoms with E-state index < -0.39 is 29.0 Å². The highest BCUT2D eigenvalue weighted by Crippen LogP contribution is 2.58. The zero-order valence-corrected chi connectivity index (χ0v) is 45.0. The molecule has 14 heteroatoms. The highest BCUT2D eigenvalue weighted by Gasteiger charge is 2.55. The van der Waals surface area contributed by atoms with E-state index in [0.29, 0.717) is 11.3 Å². The predicted octanol–water partition coefficient (Wildman–Crippen LogP) is 10.0. The number of nitrogens with one attached hydrogen (secondary N) is 2. The molecule has 0 radical (unpaired) electrons. The molecule has 3 amide bonds. The van der Waals surface area contributed by atoms with Crippen molar-refractivity contribution < 1.29 is 19.5 Å². The molecule has 6 fully saturated rings. The third-order valence-corrected chi connectivity index (χ3v) is 19.9. The molecular weight excluding hydrogens is 987 g/mol. The van der Waals surface area contributed by atoms with Gasteiger partial charge in [0, 0.05) is 29.4 Å². The number of amides is 3. The quantitative estimate of drug-likeness (QED) is 0.125. The zero-order valence-electron chi connectivity index (χ0n) is 42.6. The summed E-state index contributed by atoms with van der Waals surface area (Å²) >= 11 is 5.27. The summed E-state index contributed by atoms with van der Waals surface area (Å²) in [4.78, 5) is 71.2. The number of carbonyl (C=O) groups excluding carboxylic acids is 3. The molecule has 3 N–H and O–H groups in total. The third-order valence-electron chi connectivity index (χ3n) is 18.3. The topological polar surface area (TPSA) is 150 Å². The van der Waals surface area contributed by atoms with Gasteiger partial charge in [0.05, 0.1) is 50.2 Å². The van der Waals surface area contributed by atoms with E-state index in [-0.39, 0.29) is 53.1 Å². The van der Waals surface area contributed by atoms with Crippen LogP contribution in [0.15, 0.2) is 75.4 Å². The first-order valence-electron chi connectivity index (χ1n) is 26.7. The summed E-state index contributed by atoms with van der Waals surface area (Å²) in [7, 11) is 0. The number of piperidine rings is 1. The monoisotopic (exact) mass is 1060 g/mol. The Kier molecular flexibility index (Phi) is 13.0. The molecule has 0 unspecified atom stereocenters. The number of hydrogen-bond donors (Lipinski definition) is 3. The Labute approximate surface area is 435 Å². The zero-order chi connectivity index (χ0) is 50.3. The van der Waals surface area contributed by atoms with Crippen molar-refractivity contribution in [3.8, 4) is 16.1 Å². The fraction of sp³-hybridized carbons (Fsp3) is 0.552. The summed E-state index contributed by atoms with van der Waals surface area (Å²) in [5.41, 5.74) is 8.34. The molecule has 7 aliphatic rings. The number of likely N-dealkylation sites (tertiary alicyclic amines) is 2. The van der Waals surface area contributed by atoms with E-state index in [0.717, 1.165) is 134 Å². The molecule has 12 rings (SSSR count). The van der Waals surface area contributed by atoms with Gasteiger partial charge in [-0.3, -0.25) is 23.7 Å². The number of aromatic nitrogens is 3. The third kappa shape index (κ3) is 8.67. The minimum Gasteiger partial charge on any atom is -0.391 e. The summed E-state index contributed by atoms with van der Waals surface area (Å²) in [5.74, 6) is 0.694. The number of benzene rings is 3. The maximum atomic E-state index is 14.6. The number of aliphatic hydroxyl groups excluding tert-OH is 1. The lowest BCUT2D eigenvalue weighted by atomic mass is 9.53. The van der Waals surface area contributed by atoms with Gasteiger partial charge in [0.25, 0.3) is 5.56 Å². The molecule has 4 saturated carbocycles. The van der Waals surface area contributed by atoms with Crippen molar-refractivity contribution in [2.45, 2.75) is 160 Å². The maximum absolute atomic E-state index is 14.6. The first kappa shape index (κ1) is 49.5. The van der Waals surface area contributed by atoms with E-state index in [1.807, 2.05) is 76.5 Å². The lowest BCUT2D eigenvalue weighted by molar-refractivity contribution is -0.150. The molecule has 5 aromatic rings. The molecule has 72 heavy (non-hydrogen) atoms. The molecule has 3 aromatic carbocycles. The highest BCUT2D eigenvalue weighted by atomic mass is 79.9. The minimum absolute atomic E-state index is 0.0424. The summed E-state index contributed by atoms with van der Waals surface area (Å²) < 4.78 is 3.11. The number of rotatable bonds is 10. The number of aryl methyl sites for hydroxylation is 1. The number of hydrogen-bond acceptors (Lipinski definition) is 9. The molecule has 4 atom stereocenters. The first-order valence-corrected chi connectivity index (χ1v) is 28.3. The SMILES string of the molecule is Cc1ncsc1-c1ccc([C@H](C)NC(=O)[C@@H]2C[C@@H](O)CN2C(=O)[C@@H](NC(=O)C23CCC(CN4CCC(c5ccc6c(c5)-n5c(nc(=O)c7c(Br)cccc75)C65CCCCC5)CC4)(CC2)CC3)C(C)(C)C)cc1. The minimum atomic E-state index is -0.855. The molecule has 2 aromatic heterocycles. The van der Waals surface area contributed by atoms with Crippen molar-refractivity contribution >= 4 is 55.9 Å². The van der Waals surface area contributed by atoms with Crippen molar-refractivity contribution in [2.75, 3.05) is 26.2 Å². The molecule has 2 saturated heterocycles. The van der Waals surface area contributed by atoms with Crippen molar-refractivity contribution in [1.82, 2.24) is 35.0 Å². The van der Waals surface area contributed by atoms with Crippen LogP contribution in [0.25, 0.3) is 27.0 Å². The van der Waals surface area contributed by atoms with E-state index >= 15 is 0 Å². The fourth-order valence-corrected chi connectivity index (χ4v) is 15.3. The van der Waals surface area contributed by atoms with E-state index in [1.54, 1.807) is 11.3 Å². The highest BCUT2D eigenvalue weighted by molar-refractivity contribution is 9.10. The lowest BCUT2D eigenvalue weighted by Gasteiger charge is -2.54. The van der Waals surface area contributed by atoms with Gasteiger partial charge in [-0.05, 0) is 164 Å². The van der Waals surface area contributed by atoms with Crippen LogP contribution in [0.3, 0.4) is 0 Å². The second kappa shape index (κ2) is 18.9. The Morgan fingerprint density at radius 1 is 0.917 bits per heavy atom. The summed E-state index contributed by atoms with van der Waals surface area (Å²) in [5, 5.41) is 17.9. The average Bonchev–Trinajstić information content (AvgIpc) is 4.07. The number of nitrogens with zero attached hydrogens (tertiary/aromatic N) is 5. The van der Waals surface area contributed by atoms with E-state index in [2.05, 4.69) is 65.3 Å². The second-order valence-electron chi connectivity index (χ2n) is 23.7. The number of aliphatic hydroxyl groups is 1. The molecule has 5 heterocycles. The van der Waals surface area contributed by atoms with Crippen LogP contribution < -0.4 is 16.2 Å². The van der Waals surface area contributed by atoms with Gasteiger partial charge >= 0.3 is 0 Å². The van der Waals surface area contributed by atoms with Gasteiger partial charge < -0.3 is 25.5 Å². The lowest BCUT2D eigenvalue weighted by Crippen LogP contribution is -2.61. The van der Waals surface area contributed by atoms with Crippen LogP contribution in [0.2, 0.25) is 0 Å². The van der Waals surface area contributed by atoms with Gasteiger partial charge in [0.2, 0.25) is 17.7 Å². The number of thiazole rings is 1. The largest absolute Gasteiger partial charge is 0.391 e. The first-order chi connectivity index (χ1) is 34.5. The van der Waals surface area contributed by atoms with Gasteiger partial charge in [0.15, 0.2) is 0 Å². The van der Waals surface area contributed by atoms with Crippen LogP contribution in [0.1, 0.15) is 158 Å². The Balaban J connectivity index is 0.716. The maximum Gasteiger partial charge on any atom is 0.281 e. The van der Waals surface area contributed by atoms with Crippen LogP contribution in [-0.4, -0.2) is 91.5 Å². The smallest absolute Gasteiger partial charge is 0.281 e. The molecule has 380 valence electrons. The Hall–Kier alpha value is -4.76. The van der Waals surface area contributed by atoms with Crippen molar-refractivity contribution in [3.63, 3.8) is 0 Å². The Bertz CT molecular complexity index is 2960. The van der Waals surface area contributed by atoms with E-state index in [1.165, 1.54) is 28.1 Å². The number of carbonyl (C=O) groups is 3. The van der Waals surface area contributed by atoms with Crippen LogP contribution in [-0.2, 0) is 19.8 Å². The fourth-order valence-electron chi connectivity index (χ4n) is 14.0. The molecule has 1 spiro atoms.